The predicted octanol–water partition coefficient (Wildman–Crippen LogP) is 2.33. The molecule has 2 N–H and O–H groups in total. The number of nitrogens with one attached hydrogen (secondary N) is 2. The van der Waals surface area contributed by atoms with E-state index in [9.17, 15) is 18.0 Å². The molecular formula is C19H22N2O4S. The van der Waals surface area contributed by atoms with Crippen LogP contribution >= 0.6 is 0 Å². The van der Waals surface area contributed by atoms with Crippen molar-refractivity contribution >= 4 is 27.3 Å². The third kappa shape index (κ3) is 4.92. The first-order chi connectivity index (χ1) is 12.2. The lowest BCUT2D eigenvalue weighted by molar-refractivity contribution is -0.115. The molecule has 6 nitrogen and oxygen atoms in total. The number of carbonyl (C=O) groups is 2. The SMILES string of the molecule is CCc1ccccc1NC(=O)CNC(=O)c1cc(S(C)(=O)=O)ccc1C. The number of sulfone groups is 1. The van der Waals surface area contributed by atoms with E-state index in [-0.39, 0.29) is 22.9 Å². The van der Waals surface area contributed by atoms with E-state index in [4.69, 9.17) is 0 Å². The molecule has 0 saturated carbocycles. The highest BCUT2D eigenvalue weighted by Gasteiger charge is 2.15. The fourth-order valence-corrected chi connectivity index (χ4v) is 3.12. The summed E-state index contributed by atoms with van der Waals surface area (Å²) in [7, 11) is -3.41. The van der Waals surface area contributed by atoms with E-state index in [1.807, 2.05) is 25.1 Å². The maximum Gasteiger partial charge on any atom is 0.252 e. The number of rotatable bonds is 6. The number of carbonyl (C=O) groups excluding carboxylic acids is 2. The molecule has 0 unspecified atom stereocenters. The van der Waals surface area contributed by atoms with Crippen LogP contribution in [0.3, 0.4) is 0 Å². The molecule has 7 heteroatoms. The summed E-state index contributed by atoms with van der Waals surface area (Å²) >= 11 is 0. The highest BCUT2D eigenvalue weighted by atomic mass is 32.2. The molecule has 2 amide bonds. The van der Waals surface area contributed by atoms with E-state index in [0.717, 1.165) is 18.2 Å². The van der Waals surface area contributed by atoms with Crippen LogP contribution in [0.4, 0.5) is 5.69 Å². The number of para-hydroxylation sites is 1. The molecule has 2 aromatic rings. The maximum atomic E-state index is 12.3. The van der Waals surface area contributed by atoms with E-state index in [2.05, 4.69) is 10.6 Å². The predicted molar refractivity (Wildman–Crippen MR) is 101 cm³/mol. The van der Waals surface area contributed by atoms with Crippen molar-refractivity contribution in [3.63, 3.8) is 0 Å². The van der Waals surface area contributed by atoms with Gasteiger partial charge in [-0.25, -0.2) is 8.42 Å². The number of aryl methyl sites for hydroxylation is 2. The van der Waals surface area contributed by atoms with Gasteiger partial charge in [0.15, 0.2) is 9.84 Å². The highest BCUT2D eigenvalue weighted by molar-refractivity contribution is 7.90. The molecule has 0 spiro atoms. The van der Waals surface area contributed by atoms with Crippen LogP contribution in [0.2, 0.25) is 0 Å². The van der Waals surface area contributed by atoms with E-state index in [1.165, 1.54) is 12.1 Å². The van der Waals surface area contributed by atoms with Gasteiger partial charge in [0.1, 0.15) is 0 Å². The van der Waals surface area contributed by atoms with Gasteiger partial charge >= 0.3 is 0 Å². The fourth-order valence-electron chi connectivity index (χ4n) is 2.48. The summed E-state index contributed by atoms with van der Waals surface area (Å²) in [5.74, 6) is -0.844. The van der Waals surface area contributed by atoms with Crippen molar-refractivity contribution in [2.45, 2.75) is 25.2 Å². The minimum absolute atomic E-state index is 0.0644. The molecule has 0 aliphatic carbocycles. The fraction of sp³-hybridized carbons (Fsp3) is 0.263. The van der Waals surface area contributed by atoms with Gasteiger partial charge in [0.2, 0.25) is 5.91 Å². The zero-order valence-corrected chi connectivity index (χ0v) is 15.8. The van der Waals surface area contributed by atoms with E-state index in [1.54, 1.807) is 19.1 Å². The lowest BCUT2D eigenvalue weighted by atomic mass is 10.1. The van der Waals surface area contributed by atoms with Gasteiger partial charge in [-0.15, -0.1) is 0 Å². The van der Waals surface area contributed by atoms with Gasteiger partial charge in [-0.3, -0.25) is 9.59 Å². The second-order valence-electron chi connectivity index (χ2n) is 5.99. The van der Waals surface area contributed by atoms with Gasteiger partial charge < -0.3 is 10.6 Å². The Hall–Kier alpha value is -2.67. The Morgan fingerprint density at radius 3 is 2.42 bits per heavy atom. The molecular weight excluding hydrogens is 352 g/mol. The van der Waals surface area contributed by atoms with Gasteiger partial charge in [0.05, 0.1) is 11.4 Å². The monoisotopic (exact) mass is 374 g/mol. The van der Waals surface area contributed by atoms with Crippen LogP contribution in [0.5, 0.6) is 0 Å². The van der Waals surface area contributed by atoms with Crippen LogP contribution in [0.25, 0.3) is 0 Å². The maximum absolute atomic E-state index is 12.3. The Balaban J connectivity index is 2.06. The first kappa shape index (κ1) is 19.7. The summed E-state index contributed by atoms with van der Waals surface area (Å²) < 4.78 is 23.3. The molecule has 2 rings (SSSR count). The number of amides is 2. The van der Waals surface area contributed by atoms with Crippen LogP contribution in [0.1, 0.15) is 28.4 Å². The second-order valence-corrected chi connectivity index (χ2v) is 8.01. The van der Waals surface area contributed by atoms with Gasteiger partial charge in [0, 0.05) is 17.5 Å². The van der Waals surface area contributed by atoms with Crippen LogP contribution in [-0.2, 0) is 21.1 Å². The third-order valence-electron chi connectivity index (χ3n) is 3.96. The molecule has 0 aliphatic rings. The van der Waals surface area contributed by atoms with Gasteiger partial charge in [0.25, 0.3) is 5.91 Å². The number of benzene rings is 2. The molecule has 0 atom stereocenters. The van der Waals surface area contributed by atoms with Crippen molar-refractivity contribution in [3.8, 4) is 0 Å². The van der Waals surface area contributed by atoms with Crippen LogP contribution in [0.15, 0.2) is 47.4 Å². The molecule has 2 aromatic carbocycles. The molecule has 26 heavy (non-hydrogen) atoms. The first-order valence-corrected chi connectivity index (χ1v) is 10.1. The highest BCUT2D eigenvalue weighted by Crippen LogP contribution is 2.16. The summed E-state index contributed by atoms with van der Waals surface area (Å²) in [5.41, 5.74) is 2.58. The summed E-state index contributed by atoms with van der Waals surface area (Å²) in [6.45, 7) is 3.49. The zero-order chi connectivity index (χ0) is 19.3. The van der Waals surface area contributed by atoms with Gasteiger partial charge in [-0.05, 0) is 42.7 Å². The number of hydrogen-bond acceptors (Lipinski definition) is 4. The van der Waals surface area contributed by atoms with E-state index >= 15 is 0 Å². The summed E-state index contributed by atoms with van der Waals surface area (Å²) in [4.78, 5) is 24.5. The smallest absolute Gasteiger partial charge is 0.252 e. The Morgan fingerprint density at radius 1 is 1.08 bits per heavy atom. The minimum atomic E-state index is -3.41. The normalized spacial score (nSPS) is 11.0. The van der Waals surface area contributed by atoms with Gasteiger partial charge in [-0.1, -0.05) is 31.2 Å². The van der Waals surface area contributed by atoms with Crippen LogP contribution < -0.4 is 10.6 Å². The van der Waals surface area contributed by atoms with Crippen molar-refractivity contribution in [2.24, 2.45) is 0 Å². The minimum Gasteiger partial charge on any atom is -0.343 e. The van der Waals surface area contributed by atoms with E-state index < -0.39 is 15.7 Å². The standard InChI is InChI=1S/C19H22N2O4S/c1-4-14-7-5-6-8-17(14)21-18(22)12-20-19(23)16-11-15(26(3,24)25)10-9-13(16)2/h5-11H,4,12H2,1-3H3,(H,20,23)(H,21,22). The molecule has 0 heterocycles. The Morgan fingerprint density at radius 2 is 1.77 bits per heavy atom. The zero-order valence-electron chi connectivity index (χ0n) is 15.0. The average Bonchev–Trinajstić information content (AvgIpc) is 2.59. The molecule has 0 radical (unpaired) electrons. The Labute approximate surface area is 153 Å². The summed E-state index contributed by atoms with van der Waals surface area (Å²) in [5, 5.41) is 5.30. The molecule has 0 bridgehead atoms. The molecule has 0 saturated heterocycles. The third-order valence-corrected chi connectivity index (χ3v) is 5.07. The largest absolute Gasteiger partial charge is 0.343 e. The molecule has 138 valence electrons. The topological polar surface area (TPSA) is 92.3 Å². The van der Waals surface area contributed by atoms with Crippen molar-refractivity contribution in [1.29, 1.82) is 0 Å². The van der Waals surface area contributed by atoms with Crippen molar-refractivity contribution < 1.29 is 18.0 Å². The molecule has 0 aliphatic heterocycles. The quantitative estimate of drug-likeness (QED) is 0.812. The molecule has 0 fully saturated rings. The molecule has 0 aromatic heterocycles. The van der Waals surface area contributed by atoms with E-state index in [0.29, 0.717) is 11.3 Å². The van der Waals surface area contributed by atoms with Crippen molar-refractivity contribution in [3.05, 3.63) is 59.2 Å². The first-order valence-electron chi connectivity index (χ1n) is 8.19. The number of hydrogen-bond donors (Lipinski definition) is 2. The van der Waals surface area contributed by atoms with Gasteiger partial charge in [-0.2, -0.15) is 0 Å². The number of anilines is 1. The Bertz CT molecular complexity index is 936. The second kappa shape index (κ2) is 8.14. The van der Waals surface area contributed by atoms with Crippen LogP contribution in [0, 0.1) is 6.92 Å². The van der Waals surface area contributed by atoms with Crippen molar-refractivity contribution in [2.75, 3.05) is 18.1 Å². The lowest BCUT2D eigenvalue weighted by Crippen LogP contribution is -2.33. The summed E-state index contributed by atoms with van der Waals surface area (Å²) in [6.07, 6.45) is 1.86. The van der Waals surface area contributed by atoms with Crippen LogP contribution in [-0.4, -0.2) is 33.0 Å². The average molecular weight is 374 g/mol. The summed E-state index contributed by atoms with van der Waals surface area (Å²) in [6, 6.07) is 11.8. The Kier molecular flexibility index (Phi) is 6.15. The lowest BCUT2D eigenvalue weighted by Gasteiger charge is -2.11. The van der Waals surface area contributed by atoms with Crippen molar-refractivity contribution in [1.82, 2.24) is 5.32 Å².